The summed E-state index contributed by atoms with van der Waals surface area (Å²) in [7, 11) is 0. The monoisotopic (exact) mass is 648 g/mol. The van der Waals surface area contributed by atoms with Crippen molar-refractivity contribution < 1.29 is 0 Å². The molecular weight excluding hydrogens is 613 g/mol. The van der Waals surface area contributed by atoms with Gasteiger partial charge in [0.25, 0.3) is 0 Å². The zero-order valence-corrected chi connectivity index (χ0v) is 28.3. The SMILES string of the molecule is C(=C\c1ccc(-c2c3ccccc3c(-c3ccccc3)c3c2ccc2ccccc23)cc1)/Cc1ccc(-c2ccc(-c3ccccc3)cc2)cc1. The molecular formula is C51H36. The highest BCUT2D eigenvalue weighted by Gasteiger charge is 2.18. The van der Waals surface area contributed by atoms with Crippen LogP contribution in [0, 0.1) is 0 Å². The van der Waals surface area contributed by atoms with Crippen LogP contribution in [0.4, 0.5) is 0 Å². The normalized spacial score (nSPS) is 11.5. The molecule has 0 saturated carbocycles. The molecule has 9 rings (SSSR count). The van der Waals surface area contributed by atoms with Crippen molar-refractivity contribution >= 4 is 38.4 Å². The lowest BCUT2D eigenvalue weighted by Crippen LogP contribution is -1.92. The molecule has 0 aliphatic rings. The molecule has 0 aromatic heterocycles. The second-order valence-electron chi connectivity index (χ2n) is 13.2. The molecule has 0 saturated heterocycles. The Hall–Kier alpha value is -6.50. The Morgan fingerprint density at radius 3 is 1.43 bits per heavy atom. The predicted octanol–water partition coefficient (Wildman–Crippen LogP) is 14.1. The van der Waals surface area contributed by atoms with Crippen molar-refractivity contribution in [1.29, 1.82) is 0 Å². The van der Waals surface area contributed by atoms with Gasteiger partial charge in [0, 0.05) is 0 Å². The van der Waals surface area contributed by atoms with Crippen molar-refractivity contribution in [1.82, 2.24) is 0 Å². The van der Waals surface area contributed by atoms with Crippen LogP contribution in [0.15, 0.2) is 200 Å². The van der Waals surface area contributed by atoms with Crippen molar-refractivity contribution in [3.63, 3.8) is 0 Å². The summed E-state index contributed by atoms with van der Waals surface area (Å²) < 4.78 is 0. The lowest BCUT2D eigenvalue weighted by Gasteiger charge is -2.19. The van der Waals surface area contributed by atoms with Gasteiger partial charge in [-0.05, 0) is 94.4 Å². The van der Waals surface area contributed by atoms with Crippen LogP contribution < -0.4 is 0 Å². The third-order valence-electron chi connectivity index (χ3n) is 10.1. The van der Waals surface area contributed by atoms with Crippen LogP contribution in [0.5, 0.6) is 0 Å². The smallest absolute Gasteiger partial charge is 0.00141 e. The first kappa shape index (κ1) is 30.6. The van der Waals surface area contributed by atoms with Gasteiger partial charge in [-0.1, -0.05) is 206 Å². The molecule has 0 aliphatic heterocycles. The fraction of sp³-hybridized carbons (Fsp3) is 0.0196. The van der Waals surface area contributed by atoms with E-state index in [4.69, 9.17) is 0 Å². The summed E-state index contributed by atoms with van der Waals surface area (Å²) in [5, 5.41) is 7.70. The molecule has 9 aromatic carbocycles. The fourth-order valence-corrected chi connectivity index (χ4v) is 7.57. The molecule has 0 amide bonds. The summed E-state index contributed by atoms with van der Waals surface area (Å²) in [6, 6.07) is 70.5. The van der Waals surface area contributed by atoms with E-state index in [9.17, 15) is 0 Å². The highest BCUT2D eigenvalue weighted by Crippen LogP contribution is 2.46. The first-order valence-electron chi connectivity index (χ1n) is 17.7. The fourth-order valence-electron chi connectivity index (χ4n) is 7.57. The molecule has 9 aromatic rings. The van der Waals surface area contributed by atoms with Gasteiger partial charge in [0.15, 0.2) is 0 Å². The van der Waals surface area contributed by atoms with Crippen molar-refractivity contribution in [3.05, 3.63) is 211 Å². The van der Waals surface area contributed by atoms with Crippen LogP contribution in [-0.4, -0.2) is 0 Å². The Bertz CT molecular complexity index is 2650. The van der Waals surface area contributed by atoms with Gasteiger partial charge in [-0.25, -0.2) is 0 Å². The number of fused-ring (bicyclic) bond motifs is 4. The molecule has 0 N–H and O–H groups in total. The van der Waals surface area contributed by atoms with Gasteiger partial charge in [0.05, 0.1) is 0 Å². The van der Waals surface area contributed by atoms with E-state index in [1.54, 1.807) is 0 Å². The Morgan fingerprint density at radius 2 is 0.784 bits per heavy atom. The minimum Gasteiger partial charge on any atom is -0.0795 e. The molecule has 0 heterocycles. The Labute approximate surface area is 299 Å². The van der Waals surface area contributed by atoms with Crippen LogP contribution in [0.25, 0.3) is 82.9 Å². The average molecular weight is 649 g/mol. The zero-order chi connectivity index (χ0) is 34.0. The minimum atomic E-state index is 0.887. The van der Waals surface area contributed by atoms with Crippen molar-refractivity contribution in [3.8, 4) is 44.5 Å². The molecule has 0 heteroatoms. The summed E-state index contributed by atoms with van der Waals surface area (Å²) in [6.07, 6.45) is 5.39. The Morgan fingerprint density at radius 1 is 0.314 bits per heavy atom. The van der Waals surface area contributed by atoms with Gasteiger partial charge in [-0.2, -0.15) is 0 Å². The minimum absolute atomic E-state index is 0.887. The van der Waals surface area contributed by atoms with Crippen molar-refractivity contribution in [2.45, 2.75) is 6.42 Å². The molecule has 0 unspecified atom stereocenters. The van der Waals surface area contributed by atoms with Gasteiger partial charge in [-0.3, -0.25) is 0 Å². The lowest BCUT2D eigenvalue weighted by atomic mass is 9.84. The summed E-state index contributed by atoms with van der Waals surface area (Å²) in [5.41, 5.74) is 12.5. The summed E-state index contributed by atoms with van der Waals surface area (Å²) in [4.78, 5) is 0. The maximum Gasteiger partial charge on any atom is -0.00141 e. The van der Waals surface area contributed by atoms with Crippen LogP contribution >= 0.6 is 0 Å². The molecule has 0 bridgehead atoms. The van der Waals surface area contributed by atoms with Crippen LogP contribution in [0.2, 0.25) is 0 Å². The average Bonchev–Trinajstić information content (AvgIpc) is 3.21. The van der Waals surface area contributed by atoms with Crippen molar-refractivity contribution in [2.24, 2.45) is 0 Å². The van der Waals surface area contributed by atoms with E-state index in [1.165, 1.54) is 88.0 Å². The van der Waals surface area contributed by atoms with E-state index in [1.807, 2.05) is 0 Å². The number of hydrogen-bond acceptors (Lipinski definition) is 0. The summed E-state index contributed by atoms with van der Waals surface area (Å²) >= 11 is 0. The zero-order valence-electron chi connectivity index (χ0n) is 28.3. The lowest BCUT2D eigenvalue weighted by molar-refractivity contribution is 1.28. The highest BCUT2D eigenvalue weighted by molar-refractivity contribution is 6.27. The van der Waals surface area contributed by atoms with Gasteiger partial charge >= 0.3 is 0 Å². The predicted molar refractivity (Wildman–Crippen MR) is 220 cm³/mol. The van der Waals surface area contributed by atoms with E-state index in [2.05, 4.69) is 206 Å². The van der Waals surface area contributed by atoms with E-state index >= 15 is 0 Å². The van der Waals surface area contributed by atoms with E-state index in [0.717, 1.165) is 6.42 Å². The topological polar surface area (TPSA) is 0 Å². The first-order valence-corrected chi connectivity index (χ1v) is 17.7. The van der Waals surface area contributed by atoms with E-state index in [0.29, 0.717) is 0 Å². The van der Waals surface area contributed by atoms with Gasteiger partial charge in [0.2, 0.25) is 0 Å². The third-order valence-corrected chi connectivity index (χ3v) is 10.1. The molecule has 0 aliphatic carbocycles. The quantitative estimate of drug-likeness (QED) is 0.119. The number of allylic oxidation sites excluding steroid dienone is 1. The van der Waals surface area contributed by atoms with Gasteiger partial charge in [0.1, 0.15) is 0 Å². The second-order valence-corrected chi connectivity index (χ2v) is 13.2. The van der Waals surface area contributed by atoms with E-state index in [-0.39, 0.29) is 0 Å². The summed E-state index contributed by atoms with van der Waals surface area (Å²) in [5.74, 6) is 0. The maximum atomic E-state index is 2.32. The highest BCUT2D eigenvalue weighted by atomic mass is 14.2. The Balaban J connectivity index is 1.00. The Kier molecular flexibility index (Phi) is 8.04. The third kappa shape index (κ3) is 5.92. The molecule has 0 fully saturated rings. The molecule has 0 nitrogen and oxygen atoms in total. The number of hydrogen-bond donors (Lipinski definition) is 0. The maximum absolute atomic E-state index is 2.32. The van der Waals surface area contributed by atoms with Crippen LogP contribution in [-0.2, 0) is 6.42 Å². The van der Waals surface area contributed by atoms with E-state index < -0.39 is 0 Å². The van der Waals surface area contributed by atoms with Crippen LogP contribution in [0.3, 0.4) is 0 Å². The molecule has 240 valence electrons. The molecule has 0 spiro atoms. The van der Waals surface area contributed by atoms with Gasteiger partial charge < -0.3 is 0 Å². The van der Waals surface area contributed by atoms with Gasteiger partial charge in [-0.15, -0.1) is 0 Å². The standard InChI is InChI=1S/C51H36/c1-3-14-38(15-4-1)40-30-32-41(33-31-40)39-26-22-36(23-27-39)12-11-13-37-24-28-44(29-25-37)49-46-20-9-10-21-47(46)50(43-17-5-2-6-18-43)51-45-19-8-7-16-42(45)34-35-48(49)51/h1-11,13-35H,12H2/b13-11+. The second kappa shape index (κ2) is 13.4. The number of benzene rings is 9. The summed E-state index contributed by atoms with van der Waals surface area (Å²) in [6.45, 7) is 0. The first-order chi connectivity index (χ1) is 25.3. The molecule has 51 heavy (non-hydrogen) atoms. The van der Waals surface area contributed by atoms with Crippen LogP contribution in [0.1, 0.15) is 11.1 Å². The number of rotatable bonds is 7. The molecule has 0 atom stereocenters. The largest absolute Gasteiger partial charge is 0.0795 e. The van der Waals surface area contributed by atoms with Crippen molar-refractivity contribution in [2.75, 3.05) is 0 Å². The molecule has 0 radical (unpaired) electrons.